The highest BCUT2D eigenvalue weighted by Crippen LogP contribution is 2.56. The van der Waals surface area contributed by atoms with E-state index in [1.54, 1.807) is 21.1 Å². The standard InChI is InChI=1S/C43H53N4O9P/c1-29(2)47(30(3)4)57(54-24-11-23-44)56-38-26-37-39(42(38,22-25-52-37)53-28-46-27-31(5)40(48)45-41(46)49)55-43(32-12-9-8-10-13-32,33-14-18-35(50-6)19-15-33)34-16-20-36(51-7)21-17-34/h8-10,12-21,27,29-30,37-39H,11,22,24-26,28H2,1-7H3,(H,45,48,49)/t37-,38+,39+,42-,57?/m0/s1. The van der Waals surface area contributed by atoms with Crippen molar-refractivity contribution in [3.05, 3.63) is 128 Å². The van der Waals surface area contributed by atoms with E-state index in [0.29, 0.717) is 36.5 Å². The molecule has 1 aromatic heterocycles. The minimum absolute atomic E-state index is 0.0534. The molecular weight excluding hydrogens is 747 g/mol. The number of benzene rings is 3. The molecule has 2 aliphatic rings. The van der Waals surface area contributed by atoms with E-state index in [1.165, 1.54) is 10.8 Å². The van der Waals surface area contributed by atoms with Crippen molar-refractivity contribution in [2.45, 2.75) is 102 Å². The Kier molecular flexibility index (Phi) is 13.7. The highest BCUT2D eigenvalue weighted by Gasteiger charge is 2.64. The van der Waals surface area contributed by atoms with E-state index in [4.69, 9.17) is 32.7 Å². The molecule has 5 atom stereocenters. The molecule has 57 heavy (non-hydrogen) atoms. The zero-order chi connectivity index (χ0) is 40.7. The first-order valence-corrected chi connectivity index (χ1v) is 20.4. The molecule has 1 unspecified atom stereocenters. The lowest BCUT2D eigenvalue weighted by Gasteiger charge is -2.48. The molecular formula is C43H53N4O9P. The molecule has 1 aliphatic heterocycles. The van der Waals surface area contributed by atoms with Crippen molar-refractivity contribution < 1.29 is 32.7 Å². The van der Waals surface area contributed by atoms with Gasteiger partial charge in [0.15, 0.2) is 0 Å². The Bertz CT molecular complexity index is 2030. The fourth-order valence-corrected chi connectivity index (χ4v) is 9.73. The van der Waals surface area contributed by atoms with Crippen LogP contribution in [0, 0.1) is 18.3 Å². The number of aromatic amines is 1. The number of aromatic nitrogens is 2. The fourth-order valence-electron chi connectivity index (χ4n) is 7.94. The molecule has 2 fully saturated rings. The Morgan fingerprint density at radius 2 is 1.54 bits per heavy atom. The summed E-state index contributed by atoms with van der Waals surface area (Å²) in [5.41, 5.74) is -0.583. The van der Waals surface area contributed by atoms with E-state index in [1.807, 2.05) is 78.9 Å². The maximum absolute atomic E-state index is 13.2. The molecule has 1 aliphatic carbocycles. The number of nitriles is 1. The second-order valence-electron chi connectivity index (χ2n) is 14.8. The summed E-state index contributed by atoms with van der Waals surface area (Å²) in [6.45, 7) is 10.3. The summed E-state index contributed by atoms with van der Waals surface area (Å²) in [4.78, 5) is 27.9. The topological polar surface area (TPSA) is 146 Å². The molecule has 3 aromatic carbocycles. The molecule has 13 nitrogen and oxygen atoms in total. The van der Waals surface area contributed by atoms with Gasteiger partial charge in [0.25, 0.3) is 14.1 Å². The average molecular weight is 801 g/mol. The summed E-state index contributed by atoms with van der Waals surface area (Å²) < 4.78 is 49.6. The molecule has 1 saturated heterocycles. The first-order valence-electron chi connectivity index (χ1n) is 19.3. The molecule has 0 radical (unpaired) electrons. The Morgan fingerprint density at radius 3 is 2.11 bits per heavy atom. The smallest absolute Gasteiger partial charge is 0.330 e. The van der Waals surface area contributed by atoms with Crippen molar-refractivity contribution in [1.82, 2.24) is 14.2 Å². The average Bonchev–Trinajstić information content (AvgIpc) is 3.35. The minimum Gasteiger partial charge on any atom is -0.497 e. The van der Waals surface area contributed by atoms with Crippen molar-refractivity contribution >= 4 is 8.53 Å². The zero-order valence-electron chi connectivity index (χ0n) is 33.7. The molecule has 4 aromatic rings. The van der Waals surface area contributed by atoms with Gasteiger partial charge in [-0.25, -0.2) is 9.46 Å². The lowest BCUT2D eigenvalue weighted by Crippen LogP contribution is -2.59. The van der Waals surface area contributed by atoms with Crippen LogP contribution in [0.25, 0.3) is 0 Å². The quantitative estimate of drug-likeness (QED) is 0.0644. The predicted molar refractivity (Wildman–Crippen MR) is 216 cm³/mol. The van der Waals surface area contributed by atoms with Gasteiger partial charge in [-0.15, -0.1) is 0 Å². The third-order valence-corrected chi connectivity index (χ3v) is 12.8. The van der Waals surface area contributed by atoms with Crippen LogP contribution in [-0.2, 0) is 35.6 Å². The summed E-state index contributed by atoms with van der Waals surface area (Å²) in [7, 11) is 1.55. The van der Waals surface area contributed by atoms with Gasteiger partial charge in [-0.3, -0.25) is 14.3 Å². The van der Waals surface area contributed by atoms with Gasteiger partial charge in [0.05, 0.1) is 52.1 Å². The van der Waals surface area contributed by atoms with Crippen LogP contribution in [-0.4, -0.2) is 77.7 Å². The number of fused-ring (bicyclic) bond motifs is 2. The molecule has 1 saturated carbocycles. The molecule has 0 amide bonds. The van der Waals surface area contributed by atoms with E-state index in [0.717, 1.165) is 16.7 Å². The lowest BCUT2D eigenvalue weighted by atomic mass is 9.79. The Morgan fingerprint density at radius 1 is 0.947 bits per heavy atom. The SMILES string of the molecule is COc1ccc(C(O[C@@H]2[C@@H]3C[C@@H](OP(OCCC#N)N(C(C)C)C(C)C)[C@@]2(OCn2cc(C)c(=O)[nH]c2=O)CCO3)(c2ccccc2)c2ccc(OC)cc2)cc1. The van der Waals surface area contributed by atoms with Gasteiger partial charge < -0.3 is 32.7 Å². The van der Waals surface area contributed by atoms with E-state index >= 15 is 0 Å². The number of nitrogens with one attached hydrogen (secondary N) is 1. The van der Waals surface area contributed by atoms with Gasteiger partial charge >= 0.3 is 5.69 Å². The second kappa shape index (κ2) is 18.5. The Labute approximate surface area is 335 Å². The van der Waals surface area contributed by atoms with Crippen LogP contribution in [0.15, 0.2) is 94.6 Å². The molecule has 6 rings (SSSR count). The van der Waals surface area contributed by atoms with Crippen molar-refractivity contribution in [2.24, 2.45) is 0 Å². The van der Waals surface area contributed by atoms with Crippen molar-refractivity contribution in [2.75, 3.05) is 27.4 Å². The number of methoxy groups -OCH3 is 2. The van der Waals surface area contributed by atoms with Gasteiger partial charge in [0, 0.05) is 36.7 Å². The van der Waals surface area contributed by atoms with Crippen LogP contribution >= 0.6 is 8.53 Å². The highest BCUT2D eigenvalue weighted by molar-refractivity contribution is 7.44. The number of hydrogen-bond acceptors (Lipinski definition) is 11. The van der Waals surface area contributed by atoms with Crippen molar-refractivity contribution in [1.29, 1.82) is 5.26 Å². The summed E-state index contributed by atoms with van der Waals surface area (Å²) in [6.07, 6.45) is 0.552. The summed E-state index contributed by atoms with van der Waals surface area (Å²) in [6, 6.07) is 27.9. The van der Waals surface area contributed by atoms with Gasteiger partial charge in [0.2, 0.25) is 0 Å². The van der Waals surface area contributed by atoms with Gasteiger partial charge in [-0.2, -0.15) is 5.26 Å². The van der Waals surface area contributed by atoms with E-state index in [-0.39, 0.29) is 31.8 Å². The number of H-pyrrole nitrogens is 1. The fraction of sp³-hybridized carbons (Fsp3) is 0.465. The number of aryl methyl sites for hydroxylation is 1. The van der Waals surface area contributed by atoms with Gasteiger partial charge in [-0.05, 0) is 75.6 Å². The third-order valence-electron chi connectivity index (χ3n) is 10.7. The Balaban J connectivity index is 1.54. The summed E-state index contributed by atoms with van der Waals surface area (Å²) >= 11 is 0. The minimum atomic E-state index is -1.71. The van der Waals surface area contributed by atoms with Gasteiger partial charge in [0.1, 0.15) is 35.5 Å². The molecule has 304 valence electrons. The van der Waals surface area contributed by atoms with Crippen LogP contribution < -0.4 is 20.7 Å². The van der Waals surface area contributed by atoms with Crippen LogP contribution in [0.4, 0.5) is 0 Å². The van der Waals surface area contributed by atoms with Crippen molar-refractivity contribution in [3.63, 3.8) is 0 Å². The molecule has 2 heterocycles. The van der Waals surface area contributed by atoms with E-state index in [9.17, 15) is 14.9 Å². The third kappa shape index (κ3) is 8.74. The van der Waals surface area contributed by atoms with Crippen molar-refractivity contribution in [3.8, 4) is 17.6 Å². The second-order valence-corrected chi connectivity index (χ2v) is 16.3. The molecule has 2 bridgehead atoms. The lowest BCUT2D eigenvalue weighted by molar-refractivity contribution is -0.248. The number of nitrogens with zero attached hydrogens (tertiary/aromatic N) is 3. The number of rotatable bonds is 18. The van der Waals surface area contributed by atoms with Crippen LogP contribution in [0.3, 0.4) is 0 Å². The predicted octanol–water partition coefficient (Wildman–Crippen LogP) is 6.81. The summed E-state index contributed by atoms with van der Waals surface area (Å²) in [5, 5.41) is 9.41. The summed E-state index contributed by atoms with van der Waals surface area (Å²) in [5.74, 6) is 1.38. The van der Waals surface area contributed by atoms with Crippen LogP contribution in [0.1, 0.15) is 69.2 Å². The Hall–Kier alpha value is -4.38. The van der Waals surface area contributed by atoms with Crippen LogP contribution in [0.2, 0.25) is 0 Å². The first-order chi connectivity index (χ1) is 27.5. The maximum Gasteiger partial charge on any atom is 0.330 e. The molecule has 0 spiro atoms. The number of ether oxygens (including phenoxy) is 5. The van der Waals surface area contributed by atoms with Gasteiger partial charge in [-0.1, -0.05) is 54.6 Å². The number of hydrogen-bond donors (Lipinski definition) is 1. The highest BCUT2D eigenvalue weighted by atomic mass is 31.2. The van der Waals surface area contributed by atoms with Crippen LogP contribution in [0.5, 0.6) is 11.5 Å². The molecule has 1 N–H and O–H groups in total. The van der Waals surface area contributed by atoms with E-state index in [2.05, 4.69) is 43.4 Å². The zero-order valence-corrected chi connectivity index (χ0v) is 34.6. The monoisotopic (exact) mass is 800 g/mol. The largest absolute Gasteiger partial charge is 0.497 e. The first kappa shape index (κ1) is 42.2. The maximum atomic E-state index is 13.2. The molecule has 14 heteroatoms. The van der Waals surface area contributed by atoms with E-state index < -0.39 is 49.3 Å². The normalized spacial score (nSPS) is 21.2.